The quantitative estimate of drug-likeness (QED) is 0.713. The van der Waals surface area contributed by atoms with Gasteiger partial charge >= 0.3 is 0 Å². The van der Waals surface area contributed by atoms with Crippen LogP contribution in [0.15, 0.2) is 42.3 Å². The second kappa shape index (κ2) is 3.54. The van der Waals surface area contributed by atoms with Crippen LogP contribution in [0.4, 0.5) is 0 Å². The normalized spacial score (nSPS) is 11.0. The highest BCUT2D eigenvalue weighted by Gasteiger charge is 2.04. The third-order valence-electron chi connectivity index (χ3n) is 1.46. The van der Waals surface area contributed by atoms with E-state index >= 15 is 0 Å². The van der Waals surface area contributed by atoms with Crippen LogP contribution < -0.4 is 0 Å². The lowest BCUT2D eigenvalue weighted by atomic mass is 10.2. The molecule has 0 unspecified atom stereocenters. The summed E-state index contributed by atoms with van der Waals surface area (Å²) in [6, 6.07) is 9.04. The van der Waals surface area contributed by atoms with Gasteiger partial charge in [-0.2, -0.15) is 0 Å². The highest BCUT2D eigenvalue weighted by Crippen LogP contribution is 2.05. The van der Waals surface area contributed by atoms with Crippen molar-refractivity contribution in [2.24, 2.45) is 0 Å². The summed E-state index contributed by atoms with van der Waals surface area (Å²) in [5, 5.41) is 0.986. The Kier molecular flexibility index (Phi) is 2.65. The summed E-state index contributed by atoms with van der Waals surface area (Å²) in [7, 11) is -3.11. The van der Waals surface area contributed by atoms with Crippen molar-refractivity contribution >= 4 is 9.84 Å². The summed E-state index contributed by atoms with van der Waals surface area (Å²) in [5.41, 5.74) is 0.789. The second-order valence-corrected chi connectivity index (χ2v) is 4.41. The molecule has 0 heterocycles. The Balaban J connectivity index is 2.85. The molecule has 0 atom stereocenters. The van der Waals surface area contributed by atoms with Crippen LogP contribution in [0, 0.1) is 0 Å². The standard InChI is InChI=1S/C9H10O2S/c1-2-12(10,11)8-9-6-4-3-5-7-9/h2-7H,1,8H2. The molecule has 0 saturated carbocycles. The fourth-order valence-corrected chi connectivity index (χ4v) is 1.64. The first-order valence-electron chi connectivity index (χ1n) is 3.53. The monoisotopic (exact) mass is 182 g/mol. The van der Waals surface area contributed by atoms with E-state index in [1.54, 1.807) is 12.1 Å². The largest absolute Gasteiger partial charge is 0.224 e. The molecule has 0 aliphatic heterocycles. The molecule has 3 heteroatoms. The van der Waals surface area contributed by atoms with E-state index in [0.29, 0.717) is 0 Å². The fraction of sp³-hybridized carbons (Fsp3) is 0.111. The van der Waals surface area contributed by atoms with E-state index < -0.39 is 9.84 Å². The maximum absolute atomic E-state index is 11.1. The van der Waals surface area contributed by atoms with Crippen molar-refractivity contribution in [3.8, 4) is 0 Å². The predicted octanol–water partition coefficient (Wildman–Crippen LogP) is 1.74. The molecule has 1 aromatic carbocycles. The number of benzene rings is 1. The molecule has 0 aromatic heterocycles. The van der Waals surface area contributed by atoms with Crippen molar-refractivity contribution in [2.75, 3.05) is 0 Å². The van der Waals surface area contributed by atoms with Crippen LogP contribution in [0.1, 0.15) is 5.56 Å². The van der Waals surface area contributed by atoms with Gasteiger partial charge in [0.2, 0.25) is 0 Å². The van der Waals surface area contributed by atoms with E-state index in [9.17, 15) is 8.42 Å². The fourth-order valence-electron chi connectivity index (χ4n) is 0.865. The lowest BCUT2D eigenvalue weighted by Gasteiger charge is -1.97. The Morgan fingerprint density at radius 2 is 1.83 bits per heavy atom. The molecule has 1 aromatic rings. The number of sulfone groups is 1. The van der Waals surface area contributed by atoms with Crippen LogP contribution >= 0.6 is 0 Å². The molecule has 0 N–H and O–H groups in total. The molecule has 1 rings (SSSR count). The van der Waals surface area contributed by atoms with Crippen molar-refractivity contribution in [3.63, 3.8) is 0 Å². The van der Waals surface area contributed by atoms with E-state index in [2.05, 4.69) is 6.58 Å². The maximum atomic E-state index is 11.1. The number of hydrogen-bond acceptors (Lipinski definition) is 2. The van der Waals surface area contributed by atoms with Gasteiger partial charge in [0.05, 0.1) is 5.75 Å². The van der Waals surface area contributed by atoms with E-state index in [-0.39, 0.29) is 5.75 Å². The zero-order chi connectivity index (χ0) is 9.03. The third kappa shape index (κ3) is 2.51. The van der Waals surface area contributed by atoms with Gasteiger partial charge in [0.1, 0.15) is 0 Å². The molecule has 0 saturated heterocycles. The Hall–Kier alpha value is -1.09. The topological polar surface area (TPSA) is 34.1 Å². The molecule has 0 aliphatic carbocycles. The molecular weight excluding hydrogens is 172 g/mol. The van der Waals surface area contributed by atoms with Crippen LogP contribution in [0.3, 0.4) is 0 Å². The van der Waals surface area contributed by atoms with Crippen molar-refractivity contribution in [1.29, 1.82) is 0 Å². The lowest BCUT2D eigenvalue weighted by Crippen LogP contribution is -1.98. The van der Waals surface area contributed by atoms with Crippen molar-refractivity contribution < 1.29 is 8.42 Å². The van der Waals surface area contributed by atoms with Crippen LogP contribution in [0.2, 0.25) is 0 Å². The van der Waals surface area contributed by atoms with Crippen LogP contribution in [-0.2, 0) is 15.6 Å². The van der Waals surface area contributed by atoms with E-state index in [1.807, 2.05) is 18.2 Å². The van der Waals surface area contributed by atoms with Gasteiger partial charge in [0, 0.05) is 5.41 Å². The lowest BCUT2D eigenvalue weighted by molar-refractivity contribution is 0.604. The van der Waals surface area contributed by atoms with E-state index in [4.69, 9.17) is 0 Å². The Morgan fingerprint density at radius 3 is 2.33 bits per heavy atom. The van der Waals surface area contributed by atoms with Gasteiger partial charge in [0.15, 0.2) is 9.84 Å². The molecule has 64 valence electrons. The third-order valence-corrected chi connectivity index (χ3v) is 2.71. The minimum absolute atomic E-state index is 0.0390. The Bertz CT molecular complexity index is 351. The Labute approximate surface area is 72.5 Å². The molecule has 0 amide bonds. The first-order chi connectivity index (χ1) is 5.64. The van der Waals surface area contributed by atoms with Gasteiger partial charge in [-0.1, -0.05) is 36.9 Å². The van der Waals surface area contributed by atoms with Gasteiger partial charge in [-0.3, -0.25) is 0 Å². The summed E-state index contributed by atoms with van der Waals surface area (Å²) in [6.45, 7) is 3.24. The van der Waals surface area contributed by atoms with E-state index in [1.165, 1.54) is 0 Å². The molecule has 0 aliphatic rings. The molecular formula is C9H10O2S. The molecule has 12 heavy (non-hydrogen) atoms. The van der Waals surface area contributed by atoms with Gasteiger partial charge in [-0.05, 0) is 5.56 Å². The average molecular weight is 182 g/mol. The van der Waals surface area contributed by atoms with Gasteiger partial charge in [-0.25, -0.2) is 8.42 Å². The molecule has 0 radical (unpaired) electrons. The minimum Gasteiger partial charge on any atom is -0.224 e. The summed E-state index contributed by atoms with van der Waals surface area (Å²) in [5.74, 6) is 0.0390. The molecule has 0 fully saturated rings. The van der Waals surface area contributed by atoms with Crippen LogP contribution in [0.5, 0.6) is 0 Å². The first kappa shape index (κ1) is 9.00. The average Bonchev–Trinajstić information content (AvgIpc) is 2.06. The summed E-state index contributed by atoms with van der Waals surface area (Å²) in [6.07, 6.45) is 0. The molecule has 0 spiro atoms. The summed E-state index contributed by atoms with van der Waals surface area (Å²) >= 11 is 0. The number of hydrogen-bond donors (Lipinski definition) is 0. The van der Waals surface area contributed by atoms with Crippen molar-refractivity contribution in [2.45, 2.75) is 5.75 Å². The zero-order valence-electron chi connectivity index (χ0n) is 6.60. The first-order valence-corrected chi connectivity index (χ1v) is 5.25. The zero-order valence-corrected chi connectivity index (χ0v) is 7.42. The summed E-state index contributed by atoms with van der Waals surface area (Å²) < 4.78 is 22.1. The SMILES string of the molecule is C=CS(=O)(=O)Cc1ccccc1. The van der Waals surface area contributed by atoms with Crippen LogP contribution in [-0.4, -0.2) is 8.42 Å². The number of rotatable bonds is 3. The van der Waals surface area contributed by atoms with Gasteiger partial charge in [-0.15, -0.1) is 0 Å². The Morgan fingerprint density at radius 1 is 1.25 bits per heavy atom. The maximum Gasteiger partial charge on any atom is 0.175 e. The summed E-state index contributed by atoms with van der Waals surface area (Å²) in [4.78, 5) is 0. The van der Waals surface area contributed by atoms with Gasteiger partial charge in [0.25, 0.3) is 0 Å². The second-order valence-electron chi connectivity index (χ2n) is 2.46. The van der Waals surface area contributed by atoms with E-state index in [0.717, 1.165) is 11.0 Å². The highest BCUT2D eigenvalue weighted by atomic mass is 32.2. The molecule has 2 nitrogen and oxygen atoms in total. The van der Waals surface area contributed by atoms with Crippen molar-refractivity contribution in [1.82, 2.24) is 0 Å². The van der Waals surface area contributed by atoms with Gasteiger partial charge < -0.3 is 0 Å². The van der Waals surface area contributed by atoms with Crippen LogP contribution in [0.25, 0.3) is 0 Å². The molecule has 0 bridgehead atoms. The predicted molar refractivity (Wildman–Crippen MR) is 49.3 cm³/mol. The highest BCUT2D eigenvalue weighted by molar-refractivity contribution is 7.93. The smallest absolute Gasteiger partial charge is 0.175 e. The van der Waals surface area contributed by atoms with Crippen molar-refractivity contribution in [3.05, 3.63) is 47.9 Å². The minimum atomic E-state index is -3.11.